The van der Waals surface area contributed by atoms with Crippen molar-refractivity contribution in [1.82, 2.24) is 0 Å². The molecule has 0 amide bonds. The SMILES string of the molecule is CC/C=C\C/C=C\C/C=C\C/C=C\C/C=C\C/C=C\CCC(=O)OCC(COP(=O)(O)OCC(O)COP(=O)(O)OCC(COC(=O)CCCCCCC/C=C\CCCC)OC(=O)CCCCCCC/C=C\CCCC)OC(=O)CCCCCC/C=C\C/C=C\C/C=C\C/C=C\CC. The lowest BCUT2D eigenvalue weighted by Gasteiger charge is -2.21. The molecular weight excluding hydrogens is 1280 g/mol. The van der Waals surface area contributed by atoms with Crippen molar-refractivity contribution in [3.05, 3.63) is 146 Å². The lowest BCUT2D eigenvalue weighted by atomic mass is 10.1. The Bertz CT molecular complexity index is 2430. The topological polar surface area (TPSA) is 237 Å². The molecule has 0 spiro atoms. The average Bonchev–Trinajstić information content (AvgIpc) is 0.979. The number of aliphatic hydroxyl groups is 1. The van der Waals surface area contributed by atoms with E-state index >= 15 is 0 Å². The summed E-state index contributed by atoms with van der Waals surface area (Å²) in [4.78, 5) is 72.7. The summed E-state index contributed by atoms with van der Waals surface area (Å²) in [6.45, 7) is 4.40. The van der Waals surface area contributed by atoms with Gasteiger partial charge in [0.15, 0.2) is 12.2 Å². The summed E-state index contributed by atoms with van der Waals surface area (Å²) in [5.74, 6) is -2.33. The van der Waals surface area contributed by atoms with Crippen molar-refractivity contribution >= 4 is 39.5 Å². The van der Waals surface area contributed by atoms with Crippen LogP contribution in [0.5, 0.6) is 0 Å². The molecule has 0 saturated carbocycles. The molecule has 0 heterocycles. The smallest absolute Gasteiger partial charge is 0.462 e. The number of rotatable bonds is 68. The van der Waals surface area contributed by atoms with Crippen molar-refractivity contribution in [2.45, 2.75) is 290 Å². The fourth-order valence-electron chi connectivity index (χ4n) is 9.14. The number of ether oxygens (including phenoxy) is 4. The molecule has 0 radical (unpaired) electrons. The van der Waals surface area contributed by atoms with Gasteiger partial charge < -0.3 is 33.8 Å². The maximum Gasteiger partial charge on any atom is 0.472 e. The number of unbranched alkanes of at least 4 members (excludes halogenated alkanes) is 18. The van der Waals surface area contributed by atoms with Crippen molar-refractivity contribution in [1.29, 1.82) is 0 Å². The predicted octanol–water partition coefficient (Wildman–Crippen LogP) is 21.1. The highest BCUT2D eigenvalue weighted by molar-refractivity contribution is 7.47. The van der Waals surface area contributed by atoms with Gasteiger partial charge in [-0.3, -0.25) is 37.3 Å². The Morgan fingerprint density at radius 2 is 0.551 bits per heavy atom. The lowest BCUT2D eigenvalue weighted by molar-refractivity contribution is -0.161. The lowest BCUT2D eigenvalue weighted by Crippen LogP contribution is -2.30. The van der Waals surface area contributed by atoms with Crippen molar-refractivity contribution in [2.75, 3.05) is 39.6 Å². The quantitative estimate of drug-likeness (QED) is 0.0169. The second-order valence-electron chi connectivity index (χ2n) is 24.1. The first-order valence-corrected chi connectivity index (χ1v) is 40.1. The maximum atomic E-state index is 13.1. The van der Waals surface area contributed by atoms with Crippen LogP contribution < -0.4 is 0 Å². The highest BCUT2D eigenvalue weighted by Gasteiger charge is 2.30. The summed E-state index contributed by atoms with van der Waals surface area (Å²) in [5.41, 5.74) is 0. The third kappa shape index (κ3) is 69.4. The van der Waals surface area contributed by atoms with E-state index in [0.29, 0.717) is 32.1 Å². The van der Waals surface area contributed by atoms with E-state index in [0.717, 1.165) is 161 Å². The van der Waals surface area contributed by atoms with Gasteiger partial charge in [-0.05, 0) is 141 Å². The Morgan fingerprint density at radius 1 is 0.296 bits per heavy atom. The largest absolute Gasteiger partial charge is 0.472 e. The van der Waals surface area contributed by atoms with Crippen molar-refractivity contribution in [2.24, 2.45) is 0 Å². The van der Waals surface area contributed by atoms with Crippen LogP contribution in [0.3, 0.4) is 0 Å². The van der Waals surface area contributed by atoms with Crippen LogP contribution in [0.15, 0.2) is 146 Å². The second-order valence-corrected chi connectivity index (χ2v) is 27.0. The van der Waals surface area contributed by atoms with E-state index in [1.54, 1.807) is 0 Å². The first kappa shape index (κ1) is 92.9. The van der Waals surface area contributed by atoms with Gasteiger partial charge >= 0.3 is 39.5 Å². The summed E-state index contributed by atoms with van der Waals surface area (Å²) >= 11 is 0. The summed E-state index contributed by atoms with van der Waals surface area (Å²) in [7, 11) is -9.98. The Morgan fingerprint density at radius 3 is 0.888 bits per heavy atom. The number of carbonyl (C=O) groups is 4. The average molecular weight is 1410 g/mol. The molecular formula is C79H130O17P2. The van der Waals surface area contributed by atoms with E-state index in [9.17, 15) is 43.2 Å². The first-order valence-electron chi connectivity index (χ1n) is 37.1. The van der Waals surface area contributed by atoms with Crippen LogP contribution in [-0.2, 0) is 65.4 Å². The minimum atomic E-state index is -5.00. The number of phosphoric ester groups is 2. The molecule has 98 heavy (non-hydrogen) atoms. The van der Waals surface area contributed by atoms with Crippen LogP contribution in [0.1, 0.15) is 272 Å². The molecule has 0 aliphatic rings. The van der Waals surface area contributed by atoms with Gasteiger partial charge in [-0.15, -0.1) is 0 Å². The highest BCUT2D eigenvalue weighted by Crippen LogP contribution is 2.45. The van der Waals surface area contributed by atoms with Crippen molar-refractivity contribution < 1.29 is 80.2 Å². The van der Waals surface area contributed by atoms with E-state index in [4.69, 9.17) is 37.0 Å². The number of phosphoric acid groups is 2. The summed E-state index contributed by atoms with van der Waals surface area (Å²) in [5, 5.41) is 10.6. The molecule has 0 rings (SSSR count). The molecule has 0 aliphatic heterocycles. The molecule has 0 aliphatic carbocycles. The molecule has 5 unspecified atom stereocenters. The van der Waals surface area contributed by atoms with E-state index in [2.05, 4.69) is 155 Å². The van der Waals surface area contributed by atoms with Gasteiger partial charge in [-0.2, -0.15) is 0 Å². The zero-order valence-corrected chi connectivity index (χ0v) is 62.4. The third-order valence-corrected chi connectivity index (χ3v) is 16.7. The predicted molar refractivity (Wildman–Crippen MR) is 399 cm³/mol. The number of hydrogen-bond donors (Lipinski definition) is 3. The molecule has 0 bridgehead atoms. The monoisotopic (exact) mass is 1410 g/mol. The standard InChI is InChI=1S/C79H130O17P2/c1-5-9-13-17-21-25-29-31-33-35-36-38-39-41-45-48-52-56-60-64-77(82)90-70-75(96-79(84)66-62-58-54-50-46-42-40-37-34-32-30-26-22-18-14-10-6-2)72-94-98(87,88)92-68-73(80)67-91-97(85,86)93-71-74(95-78(83)65-61-57-53-49-44-28-24-20-16-12-8-4)69-89-76(81)63-59-55-51-47-43-27-23-19-15-11-7-3/h9-10,13-14,19-26,31-34,36,38,40-42,45,52,56,73-75,80H,5-8,11-12,15-18,27-30,35,37,39,43-44,46-51,53-55,57-72H2,1-4H3,(H,85,86)(H,87,88)/b13-9-,14-10-,23-19-,24-20-,25-21-,26-22-,33-31-,34-32-,38-36-,42-40-,45-41-,56-52-. The summed E-state index contributed by atoms with van der Waals surface area (Å²) < 4.78 is 68.2. The molecule has 0 fully saturated rings. The van der Waals surface area contributed by atoms with Crippen molar-refractivity contribution in [3.8, 4) is 0 Å². The molecule has 0 saturated heterocycles. The van der Waals surface area contributed by atoms with Crippen molar-refractivity contribution in [3.63, 3.8) is 0 Å². The van der Waals surface area contributed by atoms with E-state index in [1.807, 2.05) is 18.2 Å². The molecule has 19 heteroatoms. The Balaban J connectivity index is 5.44. The van der Waals surface area contributed by atoms with E-state index in [1.165, 1.54) is 25.7 Å². The molecule has 0 aromatic carbocycles. The Labute approximate surface area is 592 Å². The molecule has 5 atom stereocenters. The minimum Gasteiger partial charge on any atom is -0.462 e. The van der Waals surface area contributed by atoms with Crippen LogP contribution >= 0.6 is 15.6 Å². The number of hydrogen-bond acceptors (Lipinski definition) is 15. The van der Waals surface area contributed by atoms with Gasteiger partial charge in [0.2, 0.25) is 0 Å². The number of carbonyl (C=O) groups excluding carboxylic acids is 4. The van der Waals surface area contributed by atoms with Crippen LogP contribution in [-0.4, -0.2) is 96.7 Å². The number of allylic oxidation sites excluding steroid dienone is 24. The van der Waals surface area contributed by atoms with Gasteiger partial charge in [0, 0.05) is 25.7 Å². The van der Waals surface area contributed by atoms with Crippen LogP contribution in [0.25, 0.3) is 0 Å². The molecule has 3 N–H and O–H groups in total. The normalized spacial score (nSPS) is 14.8. The maximum absolute atomic E-state index is 13.1. The molecule has 0 aromatic rings. The van der Waals surface area contributed by atoms with Crippen LogP contribution in [0.2, 0.25) is 0 Å². The van der Waals surface area contributed by atoms with E-state index in [-0.39, 0.29) is 25.7 Å². The fourth-order valence-corrected chi connectivity index (χ4v) is 10.7. The third-order valence-electron chi connectivity index (χ3n) is 14.8. The van der Waals surface area contributed by atoms with Gasteiger partial charge in [0.05, 0.1) is 26.4 Å². The van der Waals surface area contributed by atoms with Gasteiger partial charge in [-0.1, -0.05) is 251 Å². The second kappa shape index (κ2) is 70.4. The highest BCUT2D eigenvalue weighted by atomic mass is 31.2. The van der Waals surface area contributed by atoms with Crippen LogP contribution in [0, 0.1) is 0 Å². The zero-order valence-electron chi connectivity index (χ0n) is 60.7. The number of esters is 4. The van der Waals surface area contributed by atoms with Crippen LogP contribution in [0.4, 0.5) is 0 Å². The van der Waals surface area contributed by atoms with E-state index < -0.39 is 97.5 Å². The molecule has 0 aromatic heterocycles. The Kier molecular flexibility index (Phi) is 66.7. The van der Waals surface area contributed by atoms with Gasteiger partial charge in [-0.25, -0.2) is 9.13 Å². The Hall–Kier alpha value is -5.06. The molecule has 558 valence electrons. The van der Waals surface area contributed by atoms with Gasteiger partial charge in [0.1, 0.15) is 19.3 Å². The first-order chi connectivity index (χ1) is 47.7. The zero-order chi connectivity index (χ0) is 71.8. The summed E-state index contributed by atoms with van der Waals surface area (Å²) in [6.07, 6.45) is 78.7. The fraction of sp³-hybridized carbons (Fsp3) is 0.646. The summed E-state index contributed by atoms with van der Waals surface area (Å²) in [6, 6.07) is 0. The number of aliphatic hydroxyl groups excluding tert-OH is 1. The molecule has 17 nitrogen and oxygen atoms in total. The van der Waals surface area contributed by atoms with Gasteiger partial charge in [0.25, 0.3) is 0 Å². The minimum absolute atomic E-state index is 0.0257.